The minimum Gasteiger partial charge on any atom is -0.390 e. The van der Waals surface area contributed by atoms with Crippen molar-refractivity contribution in [3.05, 3.63) is 29.8 Å². The normalized spacial score (nSPS) is 10.0. The van der Waals surface area contributed by atoms with E-state index in [9.17, 15) is 0 Å². The molecule has 1 aromatic heterocycles. The van der Waals surface area contributed by atoms with Gasteiger partial charge < -0.3 is 9.67 Å². The van der Waals surface area contributed by atoms with E-state index in [1.807, 2.05) is 0 Å². The number of rotatable bonds is 3. The highest BCUT2D eigenvalue weighted by Gasteiger charge is 1.96. The number of allylic oxidation sites excluding steroid dienone is 1. The summed E-state index contributed by atoms with van der Waals surface area (Å²) < 4.78 is 1.76. The van der Waals surface area contributed by atoms with Gasteiger partial charge in [0.1, 0.15) is 0 Å². The molecule has 0 saturated heterocycles. The Morgan fingerprint density at radius 1 is 1.82 bits per heavy atom. The number of aliphatic hydroxyl groups excluding tert-OH is 1. The smallest absolute Gasteiger partial charge is 0.0953 e. The van der Waals surface area contributed by atoms with E-state index >= 15 is 0 Å². The van der Waals surface area contributed by atoms with Crippen molar-refractivity contribution in [2.75, 3.05) is 0 Å². The van der Waals surface area contributed by atoms with E-state index in [1.165, 1.54) is 0 Å². The van der Waals surface area contributed by atoms with Crippen molar-refractivity contribution in [1.82, 2.24) is 9.55 Å². The number of imidazole rings is 1. The molecule has 0 saturated carbocycles. The lowest BCUT2D eigenvalue weighted by Crippen LogP contribution is -1.92. The topological polar surface area (TPSA) is 38.0 Å². The molecule has 0 unspecified atom stereocenters. The predicted octanol–water partition coefficient (Wildman–Crippen LogP) is 1.13. The van der Waals surface area contributed by atoms with Gasteiger partial charge in [0.05, 0.1) is 25.2 Å². The van der Waals surface area contributed by atoms with Crippen LogP contribution in [0.3, 0.4) is 0 Å². The standard InChI is InChI=1S/C7H9ClN2O/c1-6(8)2-10-3-7(4-11)9-5-10/h3,5,11H,1-2,4H2. The van der Waals surface area contributed by atoms with E-state index < -0.39 is 0 Å². The third-order valence-corrected chi connectivity index (χ3v) is 1.32. The number of hydrogen-bond acceptors (Lipinski definition) is 2. The van der Waals surface area contributed by atoms with Crippen LogP contribution in [0.2, 0.25) is 0 Å². The van der Waals surface area contributed by atoms with Crippen LogP contribution in [0.25, 0.3) is 0 Å². The molecule has 1 aromatic rings. The Morgan fingerprint density at radius 3 is 3.00 bits per heavy atom. The quantitative estimate of drug-likeness (QED) is 0.742. The summed E-state index contributed by atoms with van der Waals surface area (Å²) >= 11 is 5.56. The first kappa shape index (κ1) is 8.30. The Kier molecular flexibility index (Phi) is 2.68. The summed E-state index contributed by atoms with van der Waals surface area (Å²) in [6.45, 7) is 4.04. The molecular weight excluding hydrogens is 164 g/mol. The van der Waals surface area contributed by atoms with Gasteiger partial charge in [-0.05, 0) is 0 Å². The third-order valence-electron chi connectivity index (χ3n) is 1.20. The van der Waals surface area contributed by atoms with Crippen LogP contribution in [0, 0.1) is 0 Å². The van der Waals surface area contributed by atoms with Gasteiger partial charge in [-0.3, -0.25) is 0 Å². The summed E-state index contributed by atoms with van der Waals surface area (Å²) in [5.41, 5.74) is 0.642. The zero-order valence-corrected chi connectivity index (χ0v) is 6.75. The summed E-state index contributed by atoms with van der Waals surface area (Å²) in [4.78, 5) is 3.90. The van der Waals surface area contributed by atoms with Crippen molar-refractivity contribution >= 4 is 11.6 Å². The van der Waals surface area contributed by atoms with Gasteiger partial charge in [0.2, 0.25) is 0 Å². The van der Waals surface area contributed by atoms with Gasteiger partial charge >= 0.3 is 0 Å². The number of aliphatic hydroxyl groups is 1. The van der Waals surface area contributed by atoms with E-state index in [4.69, 9.17) is 16.7 Å². The van der Waals surface area contributed by atoms with Crippen molar-refractivity contribution in [1.29, 1.82) is 0 Å². The molecule has 0 atom stereocenters. The van der Waals surface area contributed by atoms with Gasteiger partial charge in [-0.15, -0.1) is 0 Å². The lowest BCUT2D eigenvalue weighted by Gasteiger charge is -1.96. The highest BCUT2D eigenvalue weighted by atomic mass is 35.5. The van der Waals surface area contributed by atoms with Gasteiger partial charge in [0, 0.05) is 11.2 Å². The van der Waals surface area contributed by atoms with E-state index in [0.29, 0.717) is 17.3 Å². The number of hydrogen-bond donors (Lipinski definition) is 1. The molecule has 0 radical (unpaired) electrons. The molecule has 0 aliphatic carbocycles. The Bertz CT molecular complexity index is 257. The summed E-state index contributed by atoms with van der Waals surface area (Å²) in [5, 5.41) is 9.20. The minimum atomic E-state index is -0.0399. The number of aromatic nitrogens is 2. The predicted molar refractivity (Wildman–Crippen MR) is 43.1 cm³/mol. The monoisotopic (exact) mass is 172 g/mol. The number of halogens is 1. The fourth-order valence-electron chi connectivity index (χ4n) is 0.773. The molecule has 4 heteroatoms. The molecule has 0 spiro atoms. The lowest BCUT2D eigenvalue weighted by atomic mass is 10.5. The SMILES string of the molecule is C=C(Cl)Cn1cnc(CO)c1. The maximum atomic E-state index is 8.65. The molecule has 0 fully saturated rings. The molecule has 60 valence electrons. The second kappa shape index (κ2) is 3.55. The van der Waals surface area contributed by atoms with E-state index in [-0.39, 0.29) is 6.61 Å². The molecule has 1 rings (SSSR count). The maximum Gasteiger partial charge on any atom is 0.0953 e. The van der Waals surface area contributed by atoms with E-state index in [2.05, 4.69) is 11.6 Å². The van der Waals surface area contributed by atoms with Crippen molar-refractivity contribution in [2.24, 2.45) is 0 Å². The molecule has 1 heterocycles. The fraction of sp³-hybridized carbons (Fsp3) is 0.286. The van der Waals surface area contributed by atoms with Crippen LogP contribution in [0.4, 0.5) is 0 Å². The van der Waals surface area contributed by atoms with Crippen molar-refractivity contribution in [3.8, 4) is 0 Å². The second-order valence-electron chi connectivity index (χ2n) is 2.21. The molecule has 0 aromatic carbocycles. The number of nitrogens with zero attached hydrogens (tertiary/aromatic N) is 2. The van der Waals surface area contributed by atoms with Crippen LogP contribution < -0.4 is 0 Å². The van der Waals surface area contributed by atoms with E-state index in [1.54, 1.807) is 17.1 Å². The Balaban J connectivity index is 2.65. The average Bonchev–Trinajstić information content (AvgIpc) is 2.34. The molecule has 0 aliphatic heterocycles. The van der Waals surface area contributed by atoms with Crippen molar-refractivity contribution < 1.29 is 5.11 Å². The molecule has 11 heavy (non-hydrogen) atoms. The zero-order valence-electron chi connectivity index (χ0n) is 6.00. The van der Waals surface area contributed by atoms with Crippen LogP contribution in [0.15, 0.2) is 24.1 Å². The second-order valence-corrected chi connectivity index (χ2v) is 2.75. The highest BCUT2D eigenvalue weighted by Crippen LogP contribution is 2.03. The van der Waals surface area contributed by atoms with Crippen LogP contribution >= 0.6 is 11.6 Å². The molecule has 0 aliphatic rings. The average molecular weight is 173 g/mol. The first-order valence-corrected chi connectivity index (χ1v) is 3.55. The van der Waals surface area contributed by atoms with Crippen molar-refractivity contribution in [2.45, 2.75) is 13.2 Å². The molecule has 1 N–H and O–H groups in total. The van der Waals surface area contributed by atoms with Gasteiger partial charge in [-0.2, -0.15) is 0 Å². The Morgan fingerprint density at radius 2 is 2.55 bits per heavy atom. The minimum absolute atomic E-state index is 0.0399. The summed E-state index contributed by atoms with van der Waals surface area (Å²) in [7, 11) is 0. The summed E-state index contributed by atoms with van der Waals surface area (Å²) in [6, 6.07) is 0. The highest BCUT2D eigenvalue weighted by molar-refractivity contribution is 6.29. The molecule has 0 amide bonds. The molecule has 3 nitrogen and oxygen atoms in total. The Hall–Kier alpha value is -0.800. The largest absolute Gasteiger partial charge is 0.390 e. The van der Waals surface area contributed by atoms with Crippen LogP contribution in [-0.2, 0) is 13.2 Å². The van der Waals surface area contributed by atoms with Gasteiger partial charge in [0.25, 0.3) is 0 Å². The van der Waals surface area contributed by atoms with Gasteiger partial charge in [-0.25, -0.2) is 4.98 Å². The summed E-state index contributed by atoms with van der Waals surface area (Å²) in [5.74, 6) is 0. The van der Waals surface area contributed by atoms with E-state index in [0.717, 1.165) is 0 Å². The van der Waals surface area contributed by atoms with Crippen LogP contribution in [-0.4, -0.2) is 14.7 Å². The lowest BCUT2D eigenvalue weighted by molar-refractivity contribution is 0.277. The van der Waals surface area contributed by atoms with Crippen molar-refractivity contribution in [3.63, 3.8) is 0 Å². The van der Waals surface area contributed by atoms with Gasteiger partial charge in [-0.1, -0.05) is 18.2 Å². The first-order valence-electron chi connectivity index (χ1n) is 3.17. The van der Waals surface area contributed by atoms with Gasteiger partial charge in [0.15, 0.2) is 0 Å². The molecule has 0 bridgehead atoms. The maximum absolute atomic E-state index is 8.65. The van der Waals surface area contributed by atoms with Crippen LogP contribution in [0.5, 0.6) is 0 Å². The Labute approximate surface area is 69.9 Å². The zero-order chi connectivity index (χ0) is 8.27. The summed E-state index contributed by atoms with van der Waals surface area (Å²) in [6.07, 6.45) is 3.34. The van der Waals surface area contributed by atoms with Crippen LogP contribution in [0.1, 0.15) is 5.69 Å². The molecular formula is C7H9ClN2O. The third kappa shape index (κ3) is 2.37. The fourth-order valence-corrected chi connectivity index (χ4v) is 0.911. The first-order chi connectivity index (χ1) is 5.22.